The van der Waals surface area contributed by atoms with Crippen molar-refractivity contribution in [3.05, 3.63) is 47.8 Å². The van der Waals surface area contributed by atoms with E-state index in [1.54, 1.807) is 19.4 Å². The fourth-order valence-electron chi connectivity index (χ4n) is 4.37. The molecular weight excluding hydrogens is 366 g/mol. The van der Waals surface area contributed by atoms with Crippen molar-refractivity contribution in [1.82, 2.24) is 19.6 Å². The molecule has 1 aromatic heterocycles. The second-order valence-electron chi connectivity index (χ2n) is 8.62. The Morgan fingerprint density at radius 1 is 1.14 bits per heavy atom. The smallest absolute Gasteiger partial charge is 0.323 e. The van der Waals surface area contributed by atoms with Crippen LogP contribution in [0.25, 0.3) is 0 Å². The maximum atomic E-state index is 12.8. The van der Waals surface area contributed by atoms with Crippen molar-refractivity contribution in [2.75, 3.05) is 38.1 Å². The van der Waals surface area contributed by atoms with Crippen LogP contribution in [0.15, 0.2) is 36.7 Å². The van der Waals surface area contributed by atoms with Crippen LogP contribution in [0.5, 0.6) is 0 Å². The maximum absolute atomic E-state index is 12.8. The normalized spacial score (nSPS) is 18.5. The average Bonchev–Trinajstić information content (AvgIpc) is 3.18. The molecule has 1 spiro atoms. The zero-order chi connectivity index (χ0) is 20.6. The summed E-state index contributed by atoms with van der Waals surface area (Å²) < 4.78 is 1.34. The Labute approximate surface area is 171 Å². The molecule has 0 aliphatic carbocycles. The molecule has 2 saturated heterocycles. The molecule has 4 rings (SSSR count). The summed E-state index contributed by atoms with van der Waals surface area (Å²) in [6, 6.07) is 8.65. The van der Waals surface area contributed by atoms with Crippen LogP contribution in [0.2, 0.25) is 0 Å². The van der Waals surface area contributed by atoms with Gasteiger partial charge in [-0.2, -0.15) is 9.78 Å². The Bertz CT molecular complexity index is 888. The van der Waals surface area contributed by atoms with E-state index < -0.39 is 0 Å². The quantitative estimate of drug-likeness (QED) is 0.802. The monoisotopic (exact) mass is 395 g/mol. The zero-order valence-electron chi connectivity index (χ0n) is 17.5. The molecule has 1 aromatic carbocycles. The molecule has 0 bridgehead atoms. The van der Waals surface area contributed by atoms with Crippen LogP contribution in [0.1, 0.15) is 30.9 Å². The van der Waals surface area contributed by atoms with Crippen molar-refractivity contribution < 1.29 is 9.59 Å². The van der Waals surface area contributed by atoms with Gasteiger partial charge in [0.2, 0.25) is 5.91 Å². The summed E-state index contributed by atoms with van der Waals surface area (Å²) >= 11 is 0. The van der Waals surface area contributed by atoms with Gasteiger partial charge < -0.3 is 9.80 Å². The molecule has 2 aromatic rings. The lowest BCUT2D eigenvalue weighted by Crippen LogP contribution is -2.60. The number of benzene rings is 1. The van der Waals surface area contributed by atoms with Gasteiger partial charge in [-0.05, 0) is 30.7 Å². The van der Waals surface area contributed by atoms with Gasteiger partial charge in [0, 0.05) is 46.7 Å². The standard InChI is InChI=1S/C22H29N5O2/c1-17-4-6-19(7-5-17)13-25-15-22(16-25)8-10-26(11-9-22)21(29)27-14-20(12-23-27)24(3)18(2)28/h4-7,12,14H,8-11,13,15-16H2,1-3H3. The van der Waals surface area contributed by atoms with Crippen LogP contribution in [0.4, 0.5) is 10.5 Å². The maximum Gasteiger partial charge on any atom is 0.344 e. The number of piperidine rings is 1. The fourth-order valence-corrected chi connectivity index (χ4v) is 4.37. The Morgan fingerprint density at radius 3 is 2.41 bits per heavy atom. The van der Waals surface area contributed by atoms with E-state index in [-0.39, 0.29) is 11.9 Å². The average molecular weight is 396 g/mol. The molecule has 3 heterocycles. The van der Waals surface area contributed by atoms with Crippen molar-refractivity contribution in [3.8, 4) is 0 Å². The number of aromatic nitrogens is 2. The molecule has 2 aliphatic rings. The van der Waals surface area contributed by atoms with Crippen LogP contribution in [-0.4, -0.2) is 64.7 Å². The third-order valence-electron chi connectivity index (χ3n) is 6.36. The molecule has 29 heavy (non-hydrogen) atoms. The highest BCUT2D eigenvalue weighted by Gasteiger charge is 2.45. The van der Waals surface area contributed by atoms with Gasteiger partial charge in [0.1, 0.15) is 0 Å². The second kappa shape index (κ2) is 7.63. The van der Waals surface area contributed by atoms with E-state index in [0.717, 1.165) is 45.6 Å². The number of carbonyl (C=O) groups excluding carboxylic acids is 2. The number of hydrogen-bond donors (Lipinski definition) is 0. The van der Waals surface area contributed by atoms with E-state index in [0.29, 0.717) is 11.1 Å². The SMILES string of the molecule is CC(=O)N(C)c1cnn(C(=O)N2CCC3(CC2)CN(Cc2ccc(C)cc2)C3)c1. The largest absolute Gasteiger partial charge is 0.344 e. The van der Waals surface area contributed by atoms with Crippen molar-refractivity contribution in [3.63, 3.8) is 0 Å². The van der Waals surface area contributed by atoms with Gasteiger partial charge in [0.05, 0.1) is 18.1 Å². The number of rotatable bonds is 3. The van der Waals surface area contributed by atoms with E-state index in [9.17, 15) is 9.59 Å². The first-order valence-electron chi connectivity index (χ1n) is 10.2. The van der Waals surface area contributed by atoms with E-state index in [4.69, 9.17) is 0 Å². The third-order valence-corrected chi connectivity index (χ3v) is 6.36. The van der Waals surface area contributed by atoms with Gasteiger partial charge in [-0.3, -0.25) is 9.69 Å². The zero-order valence-corrected chi connectivity index (χ0v) is 17.5. The van der Waals surface area contributed by atoms with Gasteiger partial charge in [-0.25, -0.2) is 4.79 Å². The second-order valence-corrected chi connectivity index (χ2v) is 8.62. The summed E-state index contributed by atoms with van der Waals surface area (Å²) in [7, 11) is 1.68. The molecule has 2 aliphatic heterocycles. The Kier molecular flexibility index (Phi) is 5.17. The van der Waals surface area contributed by atoms with Gasteiger partial charge in [-0.1, -0.05) is 29.8 Å². The summed E-state index contributed by atoms with van der Waals surface area (Å²) in [5.74, 6) is -0.0860. The summed E-state index contributed by atoms with van der Waals surface area (Å²) in [5.41, 5.74) is 3.64. The minimum Gasteiger partial charge on any atom is -0.323 e. The number of likely N-dealkylation sites (tertiary alicyclic amines) is 2. The molecule has 2 fully saturated rings. The van der Waals surface area contributed by atoms with Crippen molar-refractivity contribution in [2.24, 2.45) is 5.41 Å². The molecule has 154 valence electrons. The topological polar surface area (TPSA) is 61.7 Å². The fraction of sp³-hybridized carbons (Fsp3) is 0.500. The number of amides is 2. The van der Waals surface area contributed by atoms with E-state index in [1.165, 1.54) is 27.6 Å². The highest BCUT2D eigenvalue weighted by molar-refractivity contribution is 5.91. The molecule has 0 atom stereocenters. The van der Waals surface area contributed by atoms with Crippen LogP contribution in [0, 0.1) is 12.3 Å². The van der Waals surface area contributed by atoms with E-state index in [1.807, 2.05) is 4.90 Å². The van der Waals surface area contributed by atoms with Crippen LogP contribution in [0.3, 0.4) is 0 Å². The number of anilines is 1. The Hall–Kier alpha value is -2.67. The predicted molar refractivity (Wildman–Crippen MR) is 112 cm³/mol. The van der Waals surface area contributed by atoms with Gasteiger partial charge in [-0.15, -0.1) is 0 Å². The lowest BCUT2D eigenvalue weighted by molar-refractivity contribution is -0.116. The highest BCUT2D eigenvalue weighted by atomic mass is 16.2. The Morgan fingerprint density at radius 2 is 1.79 bits per heavy atom. The molecule has 0 N–H and O–H groups in total. The van der Waals surface area contributed by atoms with Crippen molar-refractivity contribution >= 4 is 17.6 Å². The Balaban J connectivity index is 1.28. The first kappa shape index (κ1) is 19.6. The highest BCUT2D eigenvalue weighted by Crippen LogP contribution is 2.41. The molecule has 0 unspecified atom stereocenters. The molecule has 7 nitrogen and oxygen atoms in total. The first-order chi connectivity index (χ1) is 13.8. The summed E-state index contributed by atoms with van der Waals surface area (Å²) in [4.78, 5) is 30.1. The lowest BCUT2D eigenvalue weighted by Gasteiger charge is -2.54. The lowest BCUT2D eigenvalue weighted by atomic mass is 9.72. The summed E-state index contributed by atoms with van der Waals surface area (Å²) in [5, 5.41) is 4.15. The van der Waals surface area contributed by atoms with Crippen molar-refractivity contribution in [1.29, 1.82) is 0 Å². The van der Waals surface area contributed by atoms with E-state index in [2.05, 4.69) is 41.2 Å². The van der Waals surface area contributed by atoms with Crippen LogP contribution >= 0.6 is 0 Å². The third kappa shape index (κ3) is 4.05. The molecular formula is C22H29N5O2. The van der Waals surface area contributed by atoms with Crippen LogP contribution < -0.4 is 4.90 Å². The van der Waals surface area contributed by atoms with Gasteiger partial charge >= 0.3 is 6.03 Å². The molecule has 0 saturated carbocycles. The minimum atomic E-state index is -0.112. The minimum absolute atomic E-state index is 0.0860. The summed E-state index contributed by atoms with van der Waals surface area (Å²) in [6.07, 6.45) is 5.25. The van der Waals surface area contributed by atoms with E-state index >= 15 is 0 Å². The van der Waals surface area contributed by atoms with Crippen LogP contribution in [-0.2, 0) is 11.3 Å². The number of aryl methyl sites for hydroxylation is 1. The summed E-state index contributed by atoms with van der Waals surface area (Å²) in [6.45, 7) is 8.35. The molecule has 0 radical (unpaired) electrons. The molecule has 2 amide bonds. The van der Waals surface area contributed by atoms with Gasteiger partial charge in [0.25, 0.3) is 0 Å². The van der Waals surface area contributed by atoms with Gasteiger partial charge in [0.15, 0.2) is 0 Å². The number of nitrogens with zero attached hydrogens (tertiary/aromatic N) is 5. The number of carbonyl (C=O) groups is 2. The molecule has 7 heteroatoms. The predicted octanol–water partition coefficient (Wildman–Crippen LogP) is 2.74. The number of hydrogen-bond acceptors (Lipinski definition) is 4. The van der Waals surface area contributed by atoms with Crippen molar-refractivity contribution in [2.45, 2.75) is 33.2 Å². The first-order valence-corrected chi connectivity index (χ1v) is 10.2.